The lowest BCUT2D eigenvalue weighted by molar-refractivity contribution is -0.138. The van der Waals surface area contributed by atoms with E-state index in [0.717, 1.165) is 0 Å². The molecule has 0 aliphatic heterocycles. The molecule has 20 heavy (non-hydrogen) atoms. The molecule has 110 valence electrons. The zero-order valence-electron chi connectivity index (χ0n) is 11.4. The maximum absolute atomic E-state index is 12.1. The standard InChI is InChI=1S/C13H16Cl2N2O3/c1-13(2,3)8(6-10(18)19)16-12(20)11-7(14)4-5-9(15)17-11/h4-5,8H,6H2,1-3H3,(H,16,20)(H,18,19). The Hall–Kier alpha value is -1.33. The van der Waals surface area contributed by atoms with Gasteiger partial charge in [-0.3, -0.25) is 9.59 Å². The third-order valence-corrected chi connectivity index (χ3v) is 3.27. The molecule has 0 saturated heterocycles. The largest absolute Gasteiger partial charge is 0.481 e. The Morgan fingerprint density at radius 3 is 2.45 bits per heavy atom. The van der Waals surface area contributed by atoms with Crippen LogP contribution in [-0.4, -0.2) is 28.0 Å². The van der Waals surface area contributed by atoms with Crippen LogP contribution in [0, 0.1) is 5.41 Å². The van der Waals surface area contributed by atoms with Crippen molar-refractivity contribution >= 4 is 35.1 Å². The first kappa shape index (κ1) is 16.7. The van der Waals surface area contributed by atoms with Gasteiger partial charge in [0, 0.05) is 6.04 Å². The minimum Gasteiger partial charge on any atom is -0.481 e. The summed E-state index contributed by atoms with van der Waals surface area (Å²) < 4.78 is 0. The van der Waals surface area contributed by atoms with Crippen molar-refractivity contribution in [2.75, 3.05) is 0 Å². The van der Waals surface area contributed by atoms with Gasteiger partial charge in [-0.25, -0.2) is 4.98 Å². The number of pyridine rings is 1. The number of aliphatic carboxylic acids is 1. The predicted octanol–water partition coefficient (Wildman–Crippen LogP) is 3.01. The third kappa shape index (κ3) is 4.65. The lowest BCUT2D eigenvalue weighted by Crippen LogP contribution is -2.45. The van der Waals surface area contributed by atoms with E-state index in [4.69, 9.17) is 28.3 Å². The number of carbonyl (C=O) groups is 2. The summed E-state index contributed by atoms with van der Waals surface area (Å²) in [7, 11) is 0. The molecule has 0 fully saturated rings. The first-order valence-electron chi connectivity index (χ1n) is 5.96. The Bertz CT molecular complexity index is 527. The Morgan fingerprint density at radius 1 is 1.35 bits per heavy atom. The van der Waals surface area contributed by atoms with Gasteiger partial charge in [-0.1, -0.05) is 44.0 Å². The van der Waals surface area contributed by atoms with Gasteiger partial charge in [0.2, 0.25) is 0 Å². The van der Waals surface area contributed by atoms with Crippen molar-refractivity contribution in [1.82, 2.24) is 10.3 Å². The van der Waals surface area contributed by atoms with Crippen LogP contribution in [0.1, 0.15) is 37.7 Å². The molecule has 1 aromatic heterocycles. The highest BCUT2D eigenvalue weighted by Crippen LogP contribution is 2.23. The van der Waals surface area contributed by atoms with Crippen LogP contribution in [0.15, 0.2) is 12.1 Å². The van der Waals surface area contributed by atoms with Gasteiger partial charge < -0.3 is 10.4 Å². The fraction of sp³-hybridized carbons (Fsp3) is 0.462. The summed E-state index contributed by atoms with van der Waals surface area (Å²) in [5.41, 5.74) is -0.433. The van der Waals surface area contributed by atoms with Crippen molar-refractivity contribution in [2.45, 2.75) is 33.2 Å². The number of carboxylic acid groups (broad SMARTS) is 1. The normalized spacial score (nSPS) is 12.8. The monoisotopic (exact) mass is 318 g/mol. The zero-order chi connectivity index (χ0) is 15.5. The lowest BCUT2D eigenvalue weighted by atomic mass is 9.84. The van der Waals surface area contributed by atoms with Crippen molar-refractivity contribution in [1.29, 1.82) is 0 Å². The smallest absolute Gasteiger partial charge is 0.305 e. The van der Waals surface area contributed by atoms with E-state index in [1.54, 1.807) is 0 Å². The number of halogens is 2. The molecule has 7 heteroatoms. The zero-order valence-corrected chi connectivity index (χ0v) is 12.9. The van der Waals surface area contributed by atoms with Crippen LogP contribution in [0.25, 0.3) is 0 Å². The molecule has 1 aromatic rings. The van der Waals surface area contributed by atoms with Crippen LogP contribution in [0.4, 0.5) is 0 Å². The van der Waals surface area contributed by atoms with Crippen molar-refractivity contribution in [3.63, 3.8) is 0 Å². The van der Waals surface area contributed by atoms with Gasteiger partial charge in [-0.2, -0.15) is 0 Å². The molecule has 0 aliphatic rings. The number of amides is 1. The molecule has 1 rings (SSSR count). The molecule has 2 N–H and O–H groups in total. The molecule has 0 aliphatic carbocycles. The van der Waals surface area contributed by atoms with Gasteiger partial charge in [0.05, 0.1) is 11.4 Å². The minimum absolute atomic E-state index is 0.0150. The molecule has 0 aromatic carbocycles. The van der Waals surface area contributed by atoms with Crippen LogP contribution < -0.4 is 5.32 Å². The lowest BCUT2D eigenvalue weighted by Gasteiger charge is -2.30. The topological polar surface area (TPSA) is 79.3 Å². The van der Waals surface area contributed by atoms with E-state index >= 15 is 0 Å². The van der Waals surface area contributed by atoms with E-state index < -0.39 is 23.3 Å². The SMILES string of the molecule is CC(C)(C)C(CC(=O)O)NC(=O)c1nc(Cl)ccc1Cl. The maximum atomic E-state index is 12.1. The molecule has 5 nitrogen and oxygen atoms in total. The highest BCUT2D eigenvalue weighted by molar-refractivity contribution is 6.34. The highest BCUT2D eigenvalue weighted by atomic mass is 35.5. The number of carboxylic acids is 1. The van der Waals surface area contributed by atoms with Crippen LogP contribution in [0.3, 0.4) is 0 Å². The molecule has 0 spiro atoms. The van der Waals surface area contributed by atoms with E-state index in [1.807, 2.05) is 20.8 Å². The van der Waals surface area contributed by atoms with Gasteiger partial charge in [-0.15, -0.1) is 0 Å². The van der Waals surface area contributed by atoms with Gasteiger partial charge in [0.25, 0.3) is 5.91 Å². The van der Waals surface area contributed by atoms with Crippen molar-refractivity contribution in [3.8, 4) is 0 Å². The molecular formula is C13H16Cl2N2O3. The molecule has 1 unspecified atom stereocenters. The average Bonchev–Trinajstić information content (AvgIpc) is 2.29. The van der Waals surface area contributed by atoms with E-state index in [1.165, 1.54) is 12.1 Å². The predicted molar refractivity (Wildman–Crippen MR) is 77.2 cm³/mol. The fourth-order valence-corrected chi connectivity index (χ4v) is 1.89. The van der Waals surface area contributed by atoms with Crippen molar-refractivity contribution in [3.05, 3.63) is 28.0 Å². The molecule has 1 amide bonds. The maximum Gasteiger partial charge on any atom is 0.305 e. The second-order valence-corrected chi connectivity index (χ2v) is 6.25. The van der Waals surface area contributed by atoms with E-state index in [0.29, 0.717) is 0 Å². The summed E-state index contributed by atoms with van der Waals surface area (Å²) in [5.74, 6) is -1.53. The molecule has 0 radical (unpaired) electrons. The molecular weight excluding hydrogens is 303 g/mol. The van der Waals surface area contributed by atoms with Crippen LogP contribution >= 0.6 is 23.2 Å². The van der Waals surface area contributed by atoms with Crippen molar-refractivity contribution in [2.24, 2.45) is 5.41 Å². The summed E-state index contributed by atoms with van der Waals surface area (Å²) in [4.78, 5) is 26.9. The van der Waals surface area contributed by atoms with Gasteiger partial charge in [-0.05, 0) is 17.5 Å². The molecule has 0 saturated carbocycles. The van der Waals surface area contributed by atoms with Crippen LogP contribution in [0.5, 0.6) is 0 Å². The number of hydrogen-bond acceptors (Lipinski definition) is 3. The fourth-order valence-electron chi connectivity index (χ4n) is 1.55. The number of hydrogen-bond donors (Lipinski definition) is 2. The summed E-state index contributed by atoms with van der Waals surface area (Å²) in [6.45, 7) is 5.52. The number of rotatable bonds is 4. The quantitative estimate of drug-likeness (QED) is 0.836. The average molecular weight is 319 g/mol. The second kappa shape index (κ2) is 6.41. The summed E-state index contributed by atoms with van der Waals surface area (Å²) >= 11 is 11.6. The third-order valence-electron chi connectivity index (χ3n) is 2.76. The second-order valence-electron chi connectivity index (χ2n) is 5.45. The Balaban J connectivity index is 2.96. The first-order valence-corrected chi connectivity index (χ1v) is 6.71. The van der Waals surface area contributed by atoms with Gasteiger partial charge in [0.1, 0.15) is 10.8 Å². The summed E-state index contributed by atoms with van der Waals surface area (Å²) in [6.07, 6.45) is -0.187. The van der Waals surface area contributed by atoms with Gasteiger partial charge >= 0.3 is 5.97 Å². The molecule has 1 atom stereocenters. The Labute approximate surface area is 127 Å². The highest BCUT2D eigenvalue weighted by Gasteiger charge is 2.29. The minimum atomic E-state index is -0.990. The van der Waals surface area contributed by atoms with Gasteiger partial charge in [0.15, 0.2) is 0 Å². The van der Waals surface area contributed by atoms with Crippen LogP contribution in [-0.2, 0) is 4.79 Å². The van der Waals surface area contributed by atoms with Crippen molar-refractivity contribution < 1.29 is 14.7 Å². The summed E-state index contributed by atoms with van der Waals surface area (Å²) in [5, 5.41) is 11.9. The van der Waals surface area contributed by atoms with Crippen LogP contribution in [0.2, 0.25) is 10.2 Å². The summed E-state index contributed by atoms with van der Waals surface area (Å²) in [6, 6.07) is 2.39. The Morgan fingerprint density at radius 2 is 1.95 bits per heavy atom. The number of carbonyl (C=O) groups excluding carboxylic acids is 1. The Kier molecular flexibility index (Phi) is 5.36. The number of nitrogens with zero attached hydrogens (tertiary/aromatic N) is 1. The molecule has 1 heterocycles. The van der Waals surface area contributed by atoms with E-state index in [-0.39, 0.29) is 22.3 Å². The number of aromatic nitrogens is 1. The van der Waals surface area contributed by atoms with E-state index in [9.17, 15) is 9.59 Å². The number of nitrogens with one attached hydrogen (secondary N) is 1. The van der Waals surface area contributed by atoms with E-state index in [2.05, 4.69) is 10.3 Å². The molecule has 0 bridgehead atoms. The first-order chi connectivity index (χ1) is 9.11.